The summed E-state index contributed by atoms with van der Waals surface area (Å²) in [6.45, 7) is 2.63. The van der Waals surface area contributed by atoms with Gasteiger partial charge in [0.05, 0.1) is 12.0 Å². The van der Waals surface area contributed by atoms with Crippen molar-refractivity contribution in [1.29, 1.82) is 0 Å². The largest absolute Gasteiger partial charge is 0.496 e. The second-order valence-electron chi connectivity index (χ2n) is 3.70. The zero-order valence-electron chi connectivity index (χ0n) is 10.1. The minimum absolute atomic E-state index is 0.501. The van der Waals surface area contributed by atoms with Crippen molar-refractivity contribution in [2.24, 2.45) is 5.73 Å². The number of rotatable bonds is 4. The normalized spacial score (nSPS) is 10.5. The van der Waals surface area contributed by atoms with E-state index < -0.39 is 0 Å². The maximum Gasteiger partial charge on any atom is 0.122 e. The third-order valence-corrected chi connectivity index (χ3v) is 3.74. The Kier molecular flexibility index (Phi) is 3.76. The maximum atomic E-state index is 5.57. The van der Waals surface area contributed by atoms with Crippen LogP contribution in [-0.4, -0.2) is 12.1 Å². The molecule has 2 rings (SSSR count). The first-order valence-electron chi connectivity index (χ1n) is 5.60. The van der Waals surface area contributed by atoms with E-state index in [4.69, 9.17) is 10.5 Å². The van der Waals surface area contributed by atoms with Crippen molar-refractivity contribution in [3.63, 3.8) is 0 Å². The highest BCUT2D eigenvalue weighted by molar-refractivity contribution is 7.15. The average molecular weight is 248 g/mol. The minimum Gasteiger partial charge on any atom is -0.496 e. The molecule has 1 heterocycles. The molecule has 0 amide bonds. The predicted molar refractivity (Wildman–Crippen MR) is 71.4 cm³/mol. The van der Waals surface area contributed by atoms with Gasteiger partial charge in [-0.1, -0.05) is 6.92 Å². The molecule has 0 aliphatic heterocycles. The van der Waals surface area contributed by atoms with Gasteiger partial charge in [-0.2, -0.15) is 0 Å². The molecule has 17 heavy (non-hydrogen) atoms. The molecule has 2 N–H and O–H groups in total. The van der Waals surface area contributed by atoms with Crippen LogP contribution < -0.4 is 10.5 Å². The lowest BCUT2D eigenvalue weighted by molar-refractivity contribution is 0.410. The van der Waals surface area contributed by atoms with E-state index >= 15 is 0 Å². The van der Waals surface area contributed by atoms with Crippen LogP contribution in [0.1, 0.15) is 17.5 Å². The SMILES string of the molecule is CCc1cc(-c2cnc(CN)s2)ccc1OC. The number of ether oxygens (including phenoxy) is 1. The molecule has 0 unspecified atom stereocenters. The van der Waals surface area contributed by atoms with E-state index in [2.05, 4.69) is 24.0 Å². The molecule has 3 nitrogen and oxygen atoms in total. The zero-order chi connectivity index (χ0) is 12.3. The Hall–Kier alpha value is -1.39. The van der Waals surface area contributed by atoms with E-state index in [1.165, 1.54) is 11.1 Å². The highest BCUT2D eigenvalue weighted by Crippen LogP contribution is 2.30. The van der Waals surface area contributed by atoms with Gasteiger partial charge in [-0.3, -0.25) is 0 Å². The molecule has 0 radical (unpaired) electrons. The summed E-state index contributed by atoms with van der Waals surface area (Å²) >= 11 is 1.64. The lowest BCUT2D eigenvalue weighted by Gasteiger charge is -2.07. The number of hydrogen-bond acceptors (Lipinski definition) is 4. The third-order valence-electron chi connectivity index (χ3n) is 2.67. The molecule has 2 aromatic rings. The average Bonchev–Trinajstić information content (AvgIpc) is 2.86. The van der Waals surface area contributed by atoms with E-state index in [0.717, 1.165) is 22.1 Å². The van der Waals surface area contributed by atoms with Gasteiger partial charge in [-0.05, 0) is 35.7 Å². The number of thiazole rings is 1. The molecule has 0 atom stereocenters. The van der Waals surface area contributed by atoms with Gasteiger partial charge in [0.25, 0.3) is 0 Å². The molecule has 4 heteroatoms. The Balaban J connectivity index is 2.38. The first-order valence-corrected chi connectivity index (χ1v) is 6.42. The van der Waals surface area contributed by atoms with Gasteiger partial charge in [-0.25, -0.2) is 4.98 Å². The first-order chi connectivity index (χ1) is 8.28. The molecule has 1 aromatic heterocycles. The van der Waals surface area contributed by atoms with Crippen molar-refractivity contribution in [2.75, 3.05) is 7.11 Å². The Morgan fingerprint density at radius 2 is 2.24 bits per heavy atom. The Morgan fingerprint density at radius 3 is 2.82 bits per heavy atom. The topological polar surface area (TPSA) is 48.1 Å². The molecule has 0 aliphatic rings. The molecular formula is C13H16N2OS. The van der Waals surface area contributed by atoms with Crippen LogP contribution in [0.2, 0.25) is 0 Å². The number of aryl methyl sites for hydroxylation is 1. The first kappa shape index (κ1) is 12.1. The molecular weight excluding hydrogens is 232 g/mol. The smallest absolute Gasteiger partial charge is 0.122 e. The lowest BCUT2D eigenvalue weighted by Crippen LogP contribution is -1.93. The molecule has 0 saturated carbocycles. The van der Waals surface area contributed by atoms with Crippen LogP contribution in [0.15, 0.2) is 24.4 Å². The van der Waals surface area contributed by atoms with E-state index in [1.54, 1.807) is 18.4 Å². The zero-order valence-corrected chi connectivity index (χ0v) is 10.9. The predicted octanol–water partition coefficient (Wildman–Crippen LogP) is 2.84. The molecule has 0 saturated heterocycles. The van der Waals surface area contributed by atoms with Crippen LogP contribution in [0.4, 0.5) is 0 Å². The molecule has 0 bridgehead atoms. The van der Waals surface area contributed by atoms with Gasteiger partial charge in [0, 0.05) is 12.7 Å². The van der Waals surface area contributed by atoms with Crippen molar-refractivity contribution in [1.82, 2.24) is 4.98 Å². The van der Waals surface area contributed by atoms with Crippen LogP contribution in [0.25, 0.3) is 10.4 Å². The summed E-state index contributed by atoms with van der Waals surface area (Å²) in [7, 11) is 1.70. The number of nitrogens with two attached hydrogens (primary N) is 1. The molecule has 0 aliphatic carbocycles. The van der Waals surface area contributed by atoms with Gasteiger partial charge >= 0.3 is 0 Å². The van der Waals surface area contributed by atoms with Gasteiger partial charge < -0.3 is 10.5 Å². The fourth-order valence-electron chi connectivity index (χ4n) is 1.75. The van der Waals surface area contributed by atoms with Gasteiger partial charge in [0.1, 0.15) is 10.8 Å². The molecule has 0 spiro atoms. The van der Waals surface area contributed by atoms with E-state index in [-0.39, 0.29) is 0 Å². The second kappa shape index (κ2) is 5.29. The monoisotopic (exact) mass is 248 g/mol. The summed E-state index contributed by atoms with van der Waals surface area (Å²) in [6, 6.07) is 6.23. The highest BCUT2D eigenvalue weighted by atomic mass is 32.1. The van der Waals surface area contributed by atoms with Gasteiger partial charge in [0.2, 0.25) is 0 Å². The second-order valence-corrected chi connectivity index (χ2v) is 4.82. The van der Waals surface area contributed by atoms with Crippen molar-refractivity contribution < 1.29 is 4.74 Å². The number of hydrogen-bond donors (Lipinski definition) is 1. The number of benzene rings is 1. The highest BCUT2D eigenvalue weighted by Gasteiger charge is 2.07. The number of methoxy groups -OCH3 is 1. The third kappa shape index (κ3) is 2.48. The summed E-state index contributed by atoms with van der Waals surface area (Å²) in [5.74, 6) is 0.944. The maximum absolute atomic E-state index is 5.57. The van der Waals surface area contributed by atoms with Crippen LogP contribution in [0.5, 0.6) is 5.75 Å². The fourth-order valence-corrected chi connectivity index (χ4v) is 2.54. The van der Waals surface area contributed by atoms with Crippen LogP contribution in [0, 0.1) is 0 Å². The minimum atomic E-state index is 0.501. The van der Waals surface area contributed by atoms with Crippen LogP contribution in [0.3, 0.4) is 0 Å². The van der Waals surface area contributed by atoms with Crippen molar-refractivity contribution >= 4 is 11.3 Å². The number of nitrogens with zero attached hydrogens (tertiary/aromatic N) is 1. The summed E-state index contributed by atoms with van der Waals surface area (Å²) in [4.78, 5) is 5.43. The molecule has 0 fully saturated rings. The van der Waals surface area contributed by atoms with Crippen molar-refractivity contribution in [2.45, 2.75) is 19.9 Å². The molecule has 1 aromatic carbocycles. The van der Waals surface area contributed by atoms with Crippen LogP contribution >= 0.6 is 11.3 Å². The number of aromatic nitrogens is 1. The summed E-state index contributed by atoms with van der Waals surface area (Å²) in [6.07, 6.45) is 2.84. The van der Waals surface area contributed by atoms with Gasteiger partial charge in [0.15, 0.2) is 0 Å². The standard InChI is InChI=1S/C13H16N2OS/c1-3-9-6-10(4-5-11(9)16-2)12-8-15-13(7-14)17-12/h4-6,8H,3,7,14H2,1-2H3. The summed E-state index contributed by atoms with van der Waals surface area (Å²) < 4.78 is 5.32. The van der Waals surface area contributed by atoms with Crippen molar-refractivity contribution in [3.05, 3.63) is 35.0 Å². The summed E-state index contributed by atoms with van der Waals surface area (Å²) in [5.41, 5.74) is 7.97. The quantitative estimate of drug-likeness (QED) is 0.905. The lowest BCUT2D eigenvalue weighted by atomic mass is 10.1. The summed E-state index contributed by atoms with van der Waals surface area (Å²) in [5, 5.41) is 0.967. The Bertz CT molecular complexity index is 508. The van der Waals surface area contributed by atoms with E-state index in [1.807, 2.05) is 12.3 Å². The fraction of sp³-hybridized carbons (Fsp3) is 0.308. The van der Waals surface area contributed by atoms with E-state index in [0.29, 0.717) is 6.54 Å². The van der Waals surface area contributed by atoms with E-state index in [9.17, 15) is 0 Å². The molecule has 90 valence electrons. The Labute approximate surface area is 105 Å². The van der Waals surface area contributed by atoms with Gasteiger partial charge in [-0.15, -0.1) is 11.3 Å². The van der Waals surface area contributed by atoms with Crippen molar-refractivity contribution in [3.8, 4) is 16.2 Å². The van der Waals surface area contributed by atoms with Crippen LogP contribution in [-0.2, 0) is 13.0 Å². The Morgan fingerprint density at radius 1 is 1.41 bits per heavy atom.